The van der Waals surface area contributed by atoms with Crippen molar-refractivity contribution < 1.29 is 9.59 Å². The van der Waals surface area contributed by atoms with E-state index in [1.165, 1.54) is 0 Å². The maximum absolute atomic E-state index is 12.7. The number of amides is 3. The SMILES string of the molecule is CC(C)CNC(=O)N1CCCC(CC(=O)N2CCNC(C)C2C)C1. The molecule has 0 aromatic rings. The lowest BCUT2D eigenvalue weighted by Gasteiger charge is -2.40. The molecule has 2 fully saturated rings. The van der Waals surface area contributed by atoms with E-state index in [9.17, 15) is 9.59 Å². The first-order valence-electron chi connectivity index (χ1n) is 9.44. The molecule has 2 saturated heterocycles. The first-order valence-corrected chi connectivity index (χ1v) is 9.44. The van der Waals surface area contributed by atoms with Crippen molar-refractivity contribution in [2.45, 2.75) is 59.0 Å². The minimum absolute atomic E-state index is 0.0185. The van der Waals surface area contributed by atoms with Crippen molar-refractivity contribution in [3.05, 3.63) is 0 Å². The number of piperidine rings is 1. The molecule has 2 aliphatic rings. The highest BCUT2D eigenvalue weighted by Crippen LogP contribution is 2.22. The first kappa shape index (κ1) is 19.0. The minimum atomic E-state index is 0.0185. The predicted molar refractivity (Wildman–Crippen MR) is 95.8 cm³/mol. The van der Waals surface area contributed by atoms with Crippen LogP contribution in [0.2, 0.25) is 0 Å². The topological polar surface area (TPSA) is 64.7 Å². The Bertz CT molecular complexity index is 441. The van der Waals surface area contributed by atoms with E-state index < -0.39 is 0 Å². The Morgan fingerprint density at radius 1 is 1.25 bits per heavy atom. The summed E-state index contributed by atoms with van der Waals surface area (Å²) >= 11 is 0. The molecule has 3 atom stereocenters. The van der Waals surface area contributed by atoms with Gasteiger partial charge in [-0.2, -0.15) is 0 Å². The van der Waals surface area contributed by atoms with Crippen LogP contribution in [0.4, 0.5) is 4.79 Å². The Balaban J connectivity index is 1.83. The van der Waals surface area contributed by atoms with Crippen molar-refractivity contribution in [2.75, 3.05) is 32.7 Å². The highest BCUT2D eigenvalue weighted by Gasteiger charge is 2.31. The van der Waals surface area contributed by atoms with Crippen molar-refractivity contribution in [1.82, 2.24) is 20.4 Å². The second-order valence-electron chi connectivity index (χ2n) is 7.81. The molecule has 2 rings (SSSR count). The van der Waals surface area contributed by atoms with Gasteiger partial charge in [-0.25, -0.2) is 4.79 Å². The van der Waals surface area contributed by atoms with Crippen LogP contribution in [-0.2, 0) is 4.79 Å². The summed E-state index contributed by atoms with van der Waals surface area (Å²) in [5, 5.41) is 6.40. The third-order valence-corrected chi connectivity index (χ3v) is 5.29. The van der Waals surface area contributed by atoms with Gasteiger partial charge in [0.05, 0.1) is 0 Å². The standard InChI is InChI=1S/C18H34N4O2/c1-13(2)11-20-18(24)21-8-5-6-16(12-21)10-17(23)22-9-7-19-14(3)15(22)4/h13-16,19H,5-12H2,1-4H3,(H,20,24). The quantitative estimate of drug-likeness (QED) is 0.819. The highest BCUT2D eigenvalue weighted by molar-refractivity contribution is 5.77. The molecule has 6 nitrogen and oxygen atoms in total. The summed E-state index contributed by atoms with van der Waals surface area (Å²) in [6.07, 6.45) is 2.58. The van der Waals surface area contributed by atoms with E-state index in [2.05, 4.69) is 38.3 Å². The molecule has 2 N–H and O–H groups in total. The van der Waals surface area contributed by atoms with Gasteiger partial charge >= 0.3 is 6.03 Å². The third-order valence-electron chi connectivity index (χ3n) is 5.29. The summed E-state index contributed by atoms with van der Waals surface area (Å²) in [7, 11) is 0. The van der Waals surface area contributed by atoms with Crippen molar-refractivity contribution in [3.8, 4) is 0 Å². The van der Waals surface area contributed by atoms with Crippen LogP contribution in [0.3, 0.4) is 0 Å². The maximum atomic E-state index is 12.7. The van der Waals surface area contributed by atoms with Gasteiger partial charge in [-0.15, -0.1) is 0 Å². The predicted octanol–water partition coefficient (Wildman–Crippen LogP) is 1.66. The van der Waals surface area contributed by atoms with Crippen molar-refractivity contribution >= 4 is 11.9 Å². The molecule has 24 heavy (non-hydrogen) atoms. The lowest BCUT2D eigenvalue weighted by atomic mass is 9.93. The molecule has 138 valence electrons. The largest absolute Gasteiger partial charge is 0.338 e. The lowest BCUT2D eigenvalue weighted by Crippen LogP contribution is -2.57. The second-order valence-corrected chi connectivity index (χ2v) is 7.81. The second kappa shape index (κ2) is 8.70. The summed E-state index contributed by atoms with van der Waals surface area (Å²) in [4.78, 5) is 28.8. The fourth-order valence-electron chi connectivity index (χ4n) is 3.59. The van der Waals surface area contributed by atoms with Gasteiger partial charge in [0.15, 0.2) is 0 Å². The number of hydrogen-bond acceptors (Lipinski definition) is 3. The fourth-order valence-corrected chi connectivity index (χ4v) is 3.59. The molecule has 2 heterocycles. The van der Waals surface area contributed by atoms with E-state index in [0.717, 1.165) is 32.5 Å². The smallest absolute Gasteiger partial charge is 0.317 e. The van der Waals surface area contributed by atoms with Crippen LogP contribution >= 0.6 is 0 Å². The van der Waals surface area contributed by atoms with Gasteiger partial charge < -0.3 is 20.4 Å². The number of carbonyl (C=O) groups is 2. The van der Waals surface area contributed by atoms with Crippen LogP contribution in [0, 0.1) is 11.8 Å². The Hall–Kier alpha value is -1.30. The van der Waals surface area contributed by atoms with Crippen molar-refractivity contribution in [3.63, 3.8) is 0 Å². The molecular weight excluding hydrogens is 304 g/mol. The average molecular weight is 338 g/mol. The summed E-state index contributed by atoms with van der Waals surface area (Å²) in [6.45, 7) is 12.3. The molecule has 0 saturated carbocycles. The van der Waals surface area contributed by atoms with Gasteiger partial charge in [0.1, 0.15) is 0 Å². The van der Waals surface area contributed by atoms with Gasteiger partial charge in [-0.3, -0.25) is 4.79 Å². The molecule has 0 spiro atoms. The highest BCUT2D eigenvalue weighted by atomic mass is 16.2. The lowest BCUT2D eigenvalue weighted by molar-refractivity contribution is -0.136. The van der Waals surface area contributed by atoms with Crippen LogP contribution < -0.4 is 10.6 Å². The van der Waals surface area contributed by atoms with Gasteiger partial charge in [0.25, 0.3) is 0 Å². The van der Waals surface area contributed by atoms with E-state index in [1.54, 1.807) is 0 Å². The normalized spacial score (nSPS) is 28.1. The molecule has 6 heteroatoms. The molecule has 0 radical (unpaired) electrons. The van der Waals surface area contributed by atoms with E-state index in [1.807, 2.05) is 9.80 Å². The molecule has 3 amide bonds. The summed E-state index contributed by atoms with van der Waals surface area (Å²) in [5.74, 6) is 0.978. The zero-order chi connectivity index (χ0) is 17.7. The molecule has 0 aromatic heterocycles. The summed E-state index contributed by atoms with van der Waals surface area (Å²) in [5.41, 5.74) is 0. The van der Waals surface area contributed by atoms with Crippen molar-refractivity contribution in [2.24, 2.45) is 11.8 Å². The summed E-state index contributed by atoms with van der Waals surface area (Å²) in [6, 6.07) is 0.595. The first-order chi connectivity index (χ1) is 11.4. The monoisotopic (exact) mass is 338 g/mol. The van der Waals surface area contributed by atoms with Crippen LogP contribution in [0.5, 0.6) is 0 Å². The Morgan fingerprint density at radius 3 is 2.71 bits per heavy atom. The number of rotatable bonds is 4. The Kier molecular flexibility index (Phi) is 6.90. The van der Waals surface area contributed by atoms with Crippen LogP contribution in [-0.4, -0.2) is 66.5 Å². The number of urea groups is 1. The molecule has 0 aliphatic carbocycles. The van der Waals surface area contributed by atoms with Crippen LogP contribution in [0.25, 0.3) is 0 Å². The number of nitrogens with one attached hydrogen (secondary N) is 2. The van der Waals surface area contributed by atoms with Gasteiger partial charge in [0.2, 0.25) is 5.91 Å². The summed E-state index contributed by atoms with van der Waals surface area (Å²) < 4.78 is 0. The van der Waals surface area contributed by atoms with Gasteiger partial charge in [-0.05, 0) is 38.5 Å². The molecule has 3 unspecified atom stereocenters. The van der Waals surface area contributed by atoms with Gasteiger partial charge in [0, 0.05) is 51.2 Å². The third kappa shape index (κ3) is 5.10. The average Bonchev–Trinajstić information content (AvgIpc) is 2.55. The number of hydrogen-bond donors (Lipinski definition) is 2. The van der Waals surface area contributed by atoms with E-state index in [4.69, 9.17) is 0 Å². The van der Waals surface area contributed by atoms with Crippen LogP contribution in [0.1, 0.15) is 47.0 Å². The Labute approximate surface area is 146 Å². The Morgan fingerprint density at radius 2 is 2.00 bits per heavy atom. The minimum Gasteiger partial charge on any atom is -0.338 e. The van der Waals surface area contributed by atoms with E-state index >= 15 is 0 Å². The molecule has 0 bridgehead atoms. The number of nitrogens with zero attached hydrogens (tertiary/aromatic N) is 2. The molecular formula is C18H34N4O2. The number of carbonyl (C=O) groups excluding carboxylic acids is 2. The number of likely N-dealkylation sites (tertiary alicyclic amines) is 1. The molecule has 0 aromatic carbocycles. The van der Waals surface area contributed by atoms with E-state index in [0.29, 0.717) is 31.5 Å². The maximum Gasteiger partial charge on any atom is 0.317 e. The molecule has 2 aliphatic heterocycles. The van der Waals surface area contributed by atoms with E-state index in [-0.39, 0.29) is 23.9 Å². The van der Waals surface area contributed by atoms with Crippen molar-refractivity contribution in [1.29, 1.82) is 0 Å². The fraction of sp³-hybridized carbons (Fsp3) is 0.889. The number of piperazine rings is 1. The zero-order valence-electron chi connectivity index (χ0n) is 15.7. The van der Waals surface area contributed by atoms with Crippen LogP contribution in [0.15, 0.2) is 0 Å². The zero-order valence-corrected chi connectivity index (χ0v) is 15.7. The van der Waals surface area contributed by atoms with Gasteiger partial charge in [-0.1, -0.05) is 13.8 Å².